The summed E-state index contributed by atoms with van der Waals surface area (Å²) in [6.45, 7) is 1.76. The maximum absolute atomic E-state index is 12.3. The lowest BCUT2D eigenvalue weighted by molar-refractivity contribution is 0.0954. The molecule has 24 heavy (non-hydrogen) atoms. The van der Waals surface area contributed by atoms with E-state index >= 15 is 0 Å². The molecule has 0 aliphatic carbocycles. The van der Waals surface area contributed by atoms with Gasteiger partial charge in [-0.3, -0.25) is 9.78 Å². The second-order valence-corrected chi connectivity index (χ2v) is 4.77. The highest BCUT2D eigenvalue weighted by molar-refractivity contribution is 6.00. The van der Waals surface area contributed by atoms with E-state index in [1.807, 2.05) is 18.2 Å². The fourth-order valence-corrected chi connectivity index (χ4v) is 2.05. The Morgan fingerprint density at radius 1 is 1.08 bits per heavy atom. The van der Waals surface area contributed by atoms with Gasteiger partial charge in [0.1, 0.15) is 0 Å². The molecule has 0 aliphatic rings. The van der Waals surface area contributed by atoms with Crippen LogP contribution in [0.1, 0.15) is 23.0 Å². The fraction of sp³-hybridized carbons (Fsp3) is 0.235. The molecule has 0 saturated carbocycles. The summed E-state index contributed by atoms with van der Waals surface area (Å²) >= 11 is 0. The van der Waals surface area contributed by atoms with E-state index in [4.69, 9.17) is 14.2 Å². The molecule has 2 aromatic rings. The third-order valence-corrected chi connectivity index (χ3v) is 3.29. The first-order valence-corrected chi connectivity index (χ1v) is 7.16. The Labute approximate surface area is 140 Å². The lowest BCUT2D eigenvalue weighted by Gasteiger charge is -2.13. The molecule has 0 fully saturated rings. The summed E-state index contributed by atoms with van der Waals surface area (Å²) in [5.74, 6) is 0.814. The van der Waals surface area contributed by atoms with Gasteiger partial charge in [0.25, 0.3) is 5.91 Å². The van der Waals surface area contributed by atoms with Gasteiger partial charge in [0.15, 0.2) is 11.5 Å². The highest BCUT2D eigenvalue weighted by Gasteiger charge is 2.16. The van der Waals surface area contributed by atoms with Gasteiger partial charge in [0.05, 0.1) is 32.7 Å². The number of carbonyl (C=O) groups is 1. The van der Waals surface area contributed by atoms with E-state index in [-0.39, 0.29) is 0 Å². The van der Waals surface area contributed by atoms with Crippen LogP contribution in [-0.4, -0.2) is 37.9 Å². The van der Waals surface area contributed by atoms with Gasteiger partial charge >= 0.3 is 0 Å². The molecule has 2 rings (SSSR count). The van der Waals surface area contributed by atoms with Crippen LogP contribution in [0.5, 0.6) is 17.2 Å². The summed E-state index contributed by atoms with van der Waals surface area (Å²) in [6, 6.07) is 8.59. The van der Waals surface area contributed by atoms with Crippen molar-refractivity contribution in [3.8, 4) is 17.2 Å². The van der Waals surface area contributed by atoms with Crippen LogP contribution in [0.2, 0.25) is 0 Å². The van der Waals surface area contributed by atoms with Crippen LogP contribution in [-0.2, 0) is 0 Å². The third kappa shape index (κ3) is 3.81. The summed E-state index contributed by atoms with van der Waals surface area (Å²) in [5, 5.41) is 4.07. The lowest BCUT2D eigenvalue weighted by Crippen LogP contribution is -2.20. The Balaban J connectivity index is 2.24. The van der Waals surface area contributed by atoms with E-state index in [1.165, 1.54) is 21.3 Å². The summed E-state index contributed by atoms with van der Waals surface area (Å²) in [5.41, 5.74) is 4.11. The standard InChI is InChI=1S/C17H19N3O4/c1-11(13-7-5-6-8-18-13)19-20-17(21)12-9-14(22-2)16(24-4)15(10-12)23-3/h5-10H,1-4H3,(H,20,21). The number of aromatic nitrogens is 1. The SMILES string of the molecule is COc1cc(C(=O)NN=C(C)c2ccccn2)cc(OC)c1OC. The van der Waals surface area contributed by atoms with Crippen LogP contribution in [0.3, 0.4) is 0 Å². The predicted octanol–water partition coefficient (Wildman–Crippen LogP) is 2.26. The van der Waals surface area contributed by atoms with Crippen molar-refractivity contribution in [1.82, 2.24) is 10.4 Å². The quantitative estimate of drug-likeness (QED) is 0.649. The first-order chi connectivity index (χ1) is 11.6. The number of hydrogen-bond acceptors (Lipinski definition) is 6. The summed E-state index contributed by atoms with van der Waals surface area (Å²) in [7, 11) is 4.48. The molecule has 1 aromatic heterocycles. The summed E-state index contributed by atoms with van der Waals surface area (Å²) < 4.78 is 15.7. The number of carbonyl (C=O) groups excluding carboxylic acids is 1. The average molecular weight is 329 g/mol. The van der Waals surface area contributed by atoms with E-state index in [9.17, 15) is 4.79 Å². The van der Waals surface area contributed by atoms with Gasteiger partial charge in [-0.05, 0) is 31.2 Å². The van der Waals surface area contributed by atoms with Gasteiger partial charge in [-0.2, -0.15) is 5.10 Å². The second kappa shape index (κ2) is 7.96. The predicted molar refractivity (Wildman–Crippen MR) is 90.0 cm³/mol. The van der Waals surface area contributed by atoms with E-state index < -0.39 is 5.91 Å². The molecule has 7 heteroatoms. The minimum Gasteiger partial charge on any atom is -0.493 e. The van der Waals surface area contributed by atoms with Gasteiger partial charge in [0.2, 0.25) is 5.75 Å². The molecule has 0 bridgehead atoms. The molecule has 0 unspecified atom stereocenters. The van der Waals surface area contributed by atoms with Crippen molar-refractivity contribution in [3.63, 3.8) is 0 Å². The molecule has 1 heterocycles. The van der Waals surface area contributed by atoms with E-state index in [2.05, 4.69) is 15.5 Å². The second-order valence-electron chi connectivity index (χ2n) is 4.77. The molecular weight excluding hydrogens is 310 g/mol. The van der Waals surface area contributed by atoms with Gasteiger partial charge in [-0.15, -0.1) is 0 Å². The van der Waals surface area contributed by atoms with Crippen molar-refractivity contribution in [2.24, 2.45) is 5.10 Å². The molecule has 0 spiro atoms. The maximum atomic E-state index is 12.3. The summed E-state index contributed by atoms with van der Waals surface area (Å²) in [6.07, 6.45) is 1.66. The number of hydrazone groups is 1. The van der Waals surface area contributed by atoms with Gasteiger partial charge < -0.3 is 14.2 Å². The maximum Gasteiger partial charge on any atom is 0.271 e. The minimum atomic E-state index is -0.399. The number of amides is 1. The number of hydrogen-bond donors (Lipinski definition) is 1. The van der Waals surface area contributed by atoms with Crippen LogP contribution in [0.4, 0.5) is 0 Å². The molecule has 0 aliphatic heterocycles. The van der Waals surface area contributed by atoms with Crippen molar-refractivity contribution >= 4 is 11.6 Å². The minimum absolute atomic E-state index is 0.335. The van der Waals surface area contributed by atoms with Gasteiger partial charge in [-0.25, -0.2) is 5.43 Å². The fourth-order valence-electron chi connectivity index (χ4n) is 2.05. The largest absolute Gasteiger partial charge is 0.493 e. The highest BCUT2D eigenvalue weighted by atomic mass is 16.5. The number of rotatable bonds is 6. The first-order valence-electron chi connectivity index (χ1n) is 7.16. The summed E-state index contributed by atoms with van der Waals surface area (Å²) in [4.78, 5) is 16.5. The average Bonchev–Trinajstić information content (AvgIpc) is 2.65. The topological polar surface area (TPSA) is 82.0 Å². The molecule has 1 N–H and O–H groups in total. The Bertz CT molecular complexity index is 720. The van der Waals surface area contributed by atoms with E-state index in [0.717, 1.165) is 0 Å². The number of pyridine rings is 1. The molecule has 1 amide bonds. The van der Waals surface area contributed by atoms with Crippen molar-refractivity contribution in [2.75, 3.05) is 21.3 Å². The molecule has 7 nitrogen and oxygen atoms in total. The Hall–Kier alpha value is -3.09. The van der Waals surface area contributed by atoms with Crippen molar-refractivity contribution in [3.05, 3.63) is 47.8 Å². The highest BCUT2D eigenvalue weighted by Crippen LogP contribution is 2.38. The molecule has 0 radical (unpaired) electrons. The normalized spacial score (nSPS) is 10.9. The van der Waals surface area contributed by atoms with Crippen LogP contribution in [0.25, 0.3) is 0 Å². The molecule has 0 atom stereocenters. The Kier molecular flexibility index (Phi) is 5.73. The Morgan fingerprint density at radius 3 is 2.25 bits per heavy atom. The molecule has 126 valence electrons. The third-order valence-electron chi connectivity index (χ3n) is 3.29. The first kappa shape index (κ1) is 17.3. The van der Waals surface area contributed by atoms with Crippen LogP contribution in [0, 0.1) is 0 Å². The zero-order valence-electron chi connectivity index (χ0n) is 14.0. The van der Waals surface area contributed by atoms with Gasteiger partial charge in [-0.1, -0.05) is 6.07 Å². The van der Waals surface area contributed by atoms with Crippen molar-refractivity contribution < 1.29 is 19.0 Å². The monoisotopic (exact) mass is 329 g/mol. The van der Waals surface area contributed by atoms with Crippen LogP contribution in [0.15, 0.2) is 41.6 Å². The molecule has 1 aromatic carbocycles. The Morgan fingerprint density at radius 2 is 1.75 bits per heavy atom. The number of methoxy groups -OCH3 is 3. The lowest BCUT2D eigenvalue weighted by atomic mass is 10.1. The van der Waals surface area contributed by atoms with Crippen LogP contribution < -0.4 is 19.6 Å². The number of nitrogens with zero attached hydrogens (tertiary/aromatic N) is 2. The molecule has 0 saturated heterocycles. The van der Waals surface area contributed by atoms with E-state index in [0.29, 0.717) is 34.2 Å². The number of benzene rings is 1. The zero-order chi connectivity index (χ0) is 17.5. The number of nitrogens with one attached hydrogen (secondary N) is 1. The number of ether oxygens (including phenoxy) is 3. The van der Waals surface area contributed by atoms with Gasteiger partial charge in [0, 0.05) is 11.8 Å². The molecular formula is C17H19N3O4. The van der Waals surface area contributed by atoms with Crippen molar-refractivity contribution in [1.29, 1.82) is 0 Å². The van der Waals surface area contributed by atoms with Crippen LogP contribution >= 0.6 is 0 Å². The van der Waals surface area contributed by atoms with Crippen molar-refractivity contribution in [2.45, 2.75) is 6.92 Å². The van der Waals surface area contributed by atoms with E-state index in [1.54, 1.807) is 25.3 Å². The smallest absolute Gasteiger partial charge is 0.271 e. The zero-order valence-corrected chi connectivity index (χ0v) is 14.0.